The zero-order chi connectivity index (χ0) is 17.9. The average Bonchev–Trinajstić information content (AvgIpc) is 2.44. The summed E-state index contributed by atoms with van der Waals surface area (Å²) in [6.45, 7) is 12.3. The summed E-state index contributed by atoms with van der Waals surface area (Å²) in [5.74, 6) is 0. The minimum atomic E-state index is -0.441. The Kier molecular flexibility index (Phi) is 6.32. The Bertz CT molecular complexity index is 573. The Morgan fingerprint density at radius 1 is 1.33 bits per heavy atom. The van der Waals surface area contributed by atoms with Crippen LogP contribution in [0.4, 0.5) is 4.79 Å². The third-order valence-electron chi connectivity index (χ3n) is 4.30. The first-order valence-electron chi connectivity index (χ1n) is 8.62. The van der Waals surface area contributed by atoms with Crippen LogP contribution in [0.25, 0.3) is 0 Å². The predicted octanol–water partition coefficient (Wildman–Crippen LogP) is 4.56. The molecule has 0 bridgehead atoms. The van der Waals surface area contributed by atoms with Crippen LogP contribution in [-0.2, 0) is 11.3 Å². The van der Waals surface area contributed by atoms with E-state index in [9.17, 15) is 4.79 Å². The molecule has 4 nitrogen and oxygen atoms in total. The quantitative estimate of drug-likeness (QED) is 0.813. The summed E-state index contributed by atoms with van der Waals surface area (Å²) >= 11 is 3.54. The molecule has 1 N–H and O–H groups in total. The van der Waals surface area contributed by atoms with Gasteiger partial charge in [0.25, 0.3) is 0 Å². The molecule has 0 spiro atoms. The van der Waals surface area contributed by atoms with Crippen LogP contribution >= 0.6 is 15.9 Å². The van der Waals surface area contributed by atoms with Crippen molar-refractivity contribution in [2.24, 2.45) is 0 Å². The van der Waals surface area contributed by atoms with Crippen molar-refractivity contribution in [3.63, 3.8) is 0 Å². The lowest BCUT2D eigenvalue weighted by atomic mass is 10.0. The van der Waals surface area contributed by atoms with E-state index in [2.05, 4.69) is 47.2 Å². The van der Waals surface area contributed by atoms with Gasteiger partial charge in [0.1, 0.15) is 5.60 Å². The number of piperidine rings is 1. The zero-order valence-electron chi connectivity index (χ0n) is 15.4. The van der Waals surface area contributed by atoms with Crippen LogP contribution in [-0.4, -0.2) is 35.7 Å². The predicted molar refractivity (Wildman–Crippen MR) is 101 cm³/mol. The van der Waals surface area contributed by atoms with Crippen molar-refractivity contribution < 1.29 is 9.53 Å². The molecule has 1 aliphatic rings. The van der Waals surface area contributed by atoms with Crippen LogP contribution in [0.5, 0.6) is 0 Å². The number of benzene rings is 1. The Balaban J connectivity index is 1.93. The smallest absolute Gasteiger partial charge is 0.410 e. The molecule has 0 radical (unpaired) electrons. The maximum absolute atomic E-state index is 12.2. The van der Waals surface area contributed by atoms with Gasteiger partial charge in [-0.15, -0.1) is 0 Å². The molecule has 24 heavy (non-hydrogen) atoms. The minimum Gasteiger partial charge on any atom is -0.444 e. The van der Waals surface area contributed by atoms with Crippen LogP contribution in [0, 0.1) is 13.8 Å². The van der Waals surface area contributed by atoms with Gasteiger partial charge in [-0.2, -0.15) is 0 Å². The van der Waals surface area contributed by atoms with Gasteiger partial charge >= 0.3 is 6.09 Å². The largest absolute Gasteiger partial charge is 0.444 e. The first kappa shape index (κ1) is 19.3. The molecule has 0 aromatic heterocycles. The molecule has 5 heteroatoms. The maximum Gasteiger partial charge on any atom is 0.410 e. The second-order valence-electron chi connectivity index (χ2n) is 7.66. The van der Waals surface area contributed by atoms with Crippen LogP contribution < -0.4 is 5.32 Å². The minimum absolute atomic E-state index is 0.204. The fourth-order valence-electron chi connectivity index (χ4n) is 3.10. The summed E-state index contributed by atoms with van der Waals surface area (Å²) in [5, 5.41) is 3.62. The number of likely N-dealkylation sites (tertiary alicyclic amines) is 1. The summed E-state index contributed by atoms with van der Waals surface area (Å²) in [6.07, 6.45) is 1.90. The van der Waals surface area contributed by atoms with Gasteiger partial charge in [0, 0.05) is 30.1 Å². The van der Waals surface area contributed by atoms with Crippen LogP contribution in [0.1, 0.15) is 50.3 Å². The van der Waals surface area contributed by atoms with Gasteiger partial charge in [0.15, 0.2) is 0 Å². The Hall–Kier alpha value is -1.07. The van der Waals surface area contributed by atoms with Gasteiger partial charge in [0.2, 0.25) is 0 Å². The average molecular weight is 397 g/mol. The standard InChI is InChI=1S/C19H29BrN2O2/c1-13-9-15(20)10-14(2)17(13)11-21-16-7-6-8-22(12-16)18(23)24-19(3,4)5/h9-10,16,21H,6-8,11-12H2,1-5H3. The third-order valence-corrected chi connectivity index (χ3v) is 4.76. The number of rotatable bonds is 3. The molecular formula is C19H29BrN2O2. The molecule has 0 saturated carbocycles. The van der Waals surface area contributed by atoms with E-state index in [-0.39, 0.29) is 6.09 Å². The molecule has 1 heterocycles. The number of halogens is 1. The fourth-order valence-corrected chi connectivity index (χ4v) is 3.79. The highest BCUT2D eigenvalue weighted by atomic mass is 79.9. The van der Waals surface area contributed by atoms with Gasteiger partial charge < -0.3 is 15.0 Å². The lowest BCUT2D eigenvalue weighted by Gasteiger charge is -2.34. The lowest BCUT2D eigenvalue weighted by molar-refractivity contribution is 0.0187. The van der Waals surface area contributed by atoms with E-state index >= 15 is 0 Å². The molecule has 0 aliphatic carbocycles. The topological polar surface area (TPSA) is 41.6 Å². The summed E-state index contributed by atoms with van der Waals surface area (Å²) in [5.41, 5.74) is 3.47. The van der Waals surface area contributed by atoms with E-state index in [1.54, 1.807) is 0 Å². The van der Waals surface area contributed by atoms with Crippen molar-refractivity contribution in [3.8, 4) is 0 Å². The normalized spacial score (nSPS) is 18.6. The third kappa shape index (κ3) is 5.49. The van der Waals surface area contributed by atoms with E-state index in [1.807, 2.05) is 25.7 Å². The van der Waals surface area contributed by atoms with Crippen LogP contribution in [0.2, 0.25) is 0 Å². The highest BCUT2D eigenvalue weighted by molar-refractivity contribution is 9.10. The summed E-state index contributed by atoms with van der Waals surface area (Å²) in [4.78, 5) is 14.1. The monoisotopic (exact) mass is 396 g/mol. The van der Waals surface area contributed by atoms with Gasteiger partial charge in [-0.3, -0.25) is 0 Å². The van der Waals surface area contributed by atoms with Crippen LogP contribution in [0.3, 0.4) is 0 Å². The molecule has 1 aromatic rings. The molecular weight excluding hydrogens is 368 g/mol. The second-order valence-corrected chi connectivity index (χ2v) is 8.58. The highest BCUT2D eigenvalue weighted by Gasteiger charge is 2.27. The molecule has 1 unspecified atom stereocenters. The van der Waals surface area contributed by atoms with Crippen molar-refractivity contribution in [3.05, 3.63) is 33.3 Å². The van der Waals surface area contributed by atoms with Crippen molar-refractivity contribution in [2.45, 2.75) is 65.6 Å². The SMILES string of the molecule is Cc1cc(Br)cc(C)c1CNC1CCCN(C(=O)OC(C)(C)C)C1. The lowest BCUT2D eigenvalue weighted by Crippen LogP contribution is -2.49. The van der Waals surface area contributed by atoms with Crippen molar-refractivity contribution in [2.75, 3.05) is 13.1 Å². The number of nitrogens with one attached hydrogen (secondary N) is 1. The van der Waals surface area contributed by atoms with Gasteiger partial charge in [-0.05, 0) is 76.3 Å². The Morgan fingerprint density at radius 2 is 1.96 bits per heavy atom. The molecule has 2 rings (SSSR count). The van der Waals surface area contributed by atoms with E-state index in [1.165, 1.54) is 16.7 Å². The number of hydrogen-bond donors (Lipinski definition) is 1. The number of hydrogen-bond acceptors (Lipinski definition) is 3. The van der Waals surface area contributed by atoms with Gasteiger partial charge in [-0.25, -0.2) is 4.79 Å². The first-order chi connectivity index (χ1) is 11.2. The number of carbonyl (C=O) groups is 1. The molecule has 1 amide bonds. The number of carbonyl (C=O) groups excluding carboxylic acids is 1. The molecule has 1 saturated heterocycles. The molecule has 134 valence electrons. The highest BCUT2D eigenvalue weighted by Crippen LogP contribution is 2.21. The molecule has 1 aliphatic heterocycles. The number of ether oxygens (including phenoxy) is 1. The summed E-state index contributed by atoms with van der Waals surface area (Å²) in [7, 11) is 0. The van der Waals surface area contributed by atoms with Crippen molar-refractivity contribution in [1.82, 2.24) is 10.2 Å². The maximum atomic E-state index is 12.2. The van der Waals surface area contributed by atoms with Crippen LogP contribution in [0.15, 0.2) is 16.6 Å². The fraction of sp³-hybridized carbons (Fsp3) is 0.632. The molecule has 1 aromatic carbocycles. The number of nitrogens with zero attached hydrogens (tertiary/aromatic N) is 1. The van der Waals surface area contributed by atoms with E-state index in [0.29, 0.717) is 12.6 Å². The Labute approximate surface area is 154 Å². The van der Waals surface area contributed by atoms with Gasteiger partial charge in [0.05, 0.1) is 0 Å². The number of amides is 1. The second kappa shape index (κ2) is 7.87. The molecule has 1 fully saturated rings. The van der Waals surface area contributed by atoms with E-state index in [0.717, 1.165) is 30.4 Å². The number of aryl methyl sites for hydroxylation is 2. The van der Waals surface area contributed by atoms with E-state index in [4.69, 9.17) is 4.74 Å². The van der Waals surface area contributed by atoms with Crippen molar-refractivity contribution >= 4 is 22.0 Å². The molecule has 1 atom stereocenters. The van der Waals surface area contributed by atoms with Crippen molar-refractivity contribution in [1.29, 1.82) is 0 Å². The first-order valence-corrected chi connectivity index (χ1v) is 9.42. The van der Waals surface area contributed by atoms with E-state index < -0.39 is 5.60 Å². The summed E-state index contributed by atoms with van der Waals surface area (Å²) in [6, 6.07) is 4.61. The zero-order valence-corrected chi connectivity index (χ0v) is 17.0. The summed E-state index contributed by atoms with van der Waals surface area (Å²) < 4.78 is 6.61. The van der Waals surface area contributed by atoms with Gasteiger partial charge in [-0.1, -0.05) is 15.9 Å². The Morgan fingerprint density at radius 3 is 2.54 bits per heavy atom.